The van der Waals surface area contributed by atoms with E-state index in [-0.39, 0.29) is 18.4 Å². The molecule has 72 valence electrons. The van der Waals surface area contributed by atoms with Crippen molar-refractivity contribution < 1.29 is 8.78 Å². The van der Waals surface area contributed by atoms with Crippen molar-refractivity contribution in [1.29, 1.82) is 0 Å². The number of nitrogens with two attached hydrogens (primary N) is 1. The second-order valence-corrected chi connectivity index (χ2v) is 4.09. The predicted octanol–water partition coefficient (Wildman–Crippen LogP) is 2.41. The molecule has 2 atom stereocenters. The van der Waals surface area contributed by atoms with Crippen molar-refractivity contribution >= 4 is 0 Å². The van der Waals surface area contributed by atoms with Gasteiger partial charge in [0.15, 0.2) is 0 Å². The van der Waals surface area contributed by atoms with Crippen LogP contribution < -0.4 is 5.73 Å². The van der Waals surface area contributed by atoms with E-state index in [9.17, 15) is 8.78 Å². The van der Waals surface area contributed by atoms with Gasteiger partial charge in [0.25, 0.3) is 5.92 Å². The molecule has 12 heavy (non-hydrogen) atoms. The van der Waals surface area contributed by atoms with Gasteiger partial charge in [-0.05, 0) is 18.8 Å². The highest BCUT2D eigenvalue weighted by Crippen LogP contribution is 2.41. The Morgan fingerprint density at radius 3 is 2.33 bits per heavy atom. The smallest absolute Gasteiger partial charge is 0.252 e. The summed E-state index contributed by atoms with van der Waals surface area (Å²) in [4.78, 5) is 0. The number of alkyl halides is 2. The third-order valence-electron chi connectivity index (χ3n) is 2.71. The van der Waals surface area contributed by atoms with E-state index in [0.29, 0.717) is 6.42 Å². The first kappa shape index (κ1) is 9.90. The fraction of sp³-hybridized carbons (Fsp3) is 1.00. The molecule has 0 aliphatic heterocycles. The Hall–Kier alpha value is -0.180. The van der Waals surface area contributed by atoms with Crippen LogP contribution in [0.4, 0.5) is 8.78 Å². The van der Waals surface area contributed by atoms with Crippen LogP contribution in [0.1, 0.15) is 33.1 Å². The standard InChI is InChI=1S/C9H17F2N/c1-6(2)8-7(12)4-3-5-9(8,10)11/h6-8H,3-5,12H2,1-2H3/t7-,8-/m1/s1. The summed E-state index contributed by atoms with van der Waals surface area (Å²) in [7, 11) is 0. The molecule has 1 rings (SSSR count). The fourth-order valence-corrected chi connectivity index (χ4v) is 2.21. The van der Waals surface area contributed by atoms with Crippen LogP contribution in [0.15, 0.2) is 0 Å². The summed E-state index contributed by atoms with van der Waals surface area (Å²) < 4.78 is 26.6. The van der Waals surface area contributed by atoms with E-state index >= 15 is 0 Å². The predicted molar refractivity (Wildman–Crippen MR) is 45.1 cm³/mol. The van der Waals surface area contributed by atoms with Crippen molar-refractivity contribution in [1.82, 2.24) is 0 Å². The van der Waals surface area contributed by atoms with Crippen molar-refractivity contribution in [3.8, 4) is 0 Å². The van der Waals surface area contributed by atoms with E-state index in [1.165, 1.54) is 0 Å². The molecule has 1 nitrogen and oxygen atoms in total. The van der Waals surface area contributed by atoms with Gasteiger partial charge in [0.1, 0.15) is 0 Å². The van der Waals surface area contributed by atoms with Gasteiger partial charge in [-0.2, -0.15) is 0 Å². The average Bonchev–Trinajstić information content (AvgIpc) is 1.82. The van der Waals surface area contributed by atoms with E-state index < -0.39 is 11.8 Å². The largest absolute Gasteiger partial charge is 0.327 e. The maximum atomic E-state index is 13.3. The van der Waals surface area contributed by atoms with Gasteiger partial charge in [-0.3, -0.25) is 0 Å². The van der Waals surface area contributed by atoms with Gasteiger partial charge in [0.05, 0.1) is 0 Å². The van der Waals surface area contributed by atoms with Gasteiger partial charge in [-0.1, -0.05) is 13.8 Å². The minimum Gasteiger partial charge on any atom is -0.327 e. The quantitative estimate of drug-likeness (QED) is 0.654. The van der Waals surface area contributed by atoms with Crippen molar-refractivity contribution in [3.05, 3.63) is 0 Å². The molecule has 0 aromatic carbocycles. The number of hydrogen-bond donors (Lipinski definition) is 1. The van der Waals surface area contributed by atoms with E-state index in [4.69, 9.17) is 5.73 Å². The Morgan fingerprint density at radius 2 is 2.00 bits per heavy atom. The highest BCUT2D eigenvalue weighted by Gasteiger charge is 2.46. The van der Waals surface area contributed by atoms with Gasteiger partial charge in [-0.15, -0.1) is 0 Å². The molecule has 0 heterocycles. The van der Waals surface area contributed by atoms with Gasteiger partial charge in [-0.25, -0.2) is 8.78 Å². The summed E-state index contributed by atoms with van der Waals surface area (Å²) in [6, 6.07) is -0.311. The molecule has 0 unspecified atom stereocenters. The number of halogens is 2. The molecule has 0 spiro atoms. The molecule has 1 aliphatic rings. The zero-order valence-corrected chi connectivity index (χ0v) is 7.69. The first-order chi connectivity index (χ1) is 5.45. The third-order valence-corrected chi connectivity index (χ3v) is 2.71. The minimum atomic E-state index is -2.54. The minimum absolute atomic E-state index is 0.0174. The maximum Gasteiger partial charge on any atom is 0.252 e. The summed E-state index contributed by atoms with van der Waals surface area (Å²) in [5, 5.41) is 0. The molecule has 0 radical (unpaired) electrons. The van der Waals surface area contributed by atoms with Crippen LogP contribution in [0, 0.1) is 11.8 Å². The van der Waals surface area contributed by atoms with E-state index in [1.807, 2.05) is 13.8 Å². The summed E-state index contributed by atoms with van der Waals surface area (Å²) in [6.45, 7) is 3.65. The zero-order valence-electron chi connectivity index (χ0n) is 7.69. The summed E-state index contributed by atoms with van der Waals surface area (Å²) in [6.07, 6.45) is 1.33. The zero-order chi connectivity index (χ0) is 9.35. The lowest BCUT2D eigenvalue weighted by Gasteiger charge is -2.38. The molecule has 0 bridgehead atoms. The van der Waals surface area contributed by atoms with Crippen molar-refractivity contribution in [3.63, 3.8) is 0 Å². The molecule has 1 aliphatic carbocycles. The van der Waals surface area contributed by atoms with Gasteiger partial charge in [0.2, 0.25) is 0 Å². The van der Waals surface area contributed by atoms with Crippen LogP contribution >= 0.6 is 0 Å². The second kappa shape index (κ2) is 3.29. The molecule has 2 N–H and O–H groups in total. The second-order valence-electron chi connectivity index (χ2n) is 4.09. The molecule has 0 aromatic heterocycles. The van der Waals surface area contributed by atoms with Crippen molar-refractivity contribution in [2.24, 2.45) is 17.6 Å². The number of rotatable bonds is 1. The van der Waals surface area contributed by atoms with Crippen molar-refractivity contribution in [2.75, 3.05) is 0 Å². The van der Waals surface area contributed by atoms with Crippen LogP contribution in [0.5, 0.6) is 0 Å². The van der Waals surface area contributed by atoms with Crippen LogP contribution in [-0.4, -0.2) is 12.0 Å². The summed E-state index contributed by atoms with van der Waals surface area (Å²) in [5.74, 6) is -3.17. The molecular weight excluding hydrogens is 160 g/mol. The van der Waals surface area contributed by atoms with Crippen LogP contribution in [0.3, 0.4) is 0 Å². The first-order valence-corrected chi connectivity index (χ1v) is 4.58. The Bertz CT molecular complexity index is 157. The third kappa shape index (κ3) is 1.76. The van der Waals surface area contributed by atoms with E-state index in [1.54, 1.807) is 0 Å². The highest BCUT2D eigenvalue weighted by molar-refractivity contribution is 4.91. The Labute approximate surface area is 72.3 Å². The van der Waals surface area contributed by atoms with E-state index in [2.05, 4.69) is 0 Å². The SMILES string of the molecule is CC(C)[C@@H]1[C@H](N)CCCC1(F)F. The van der Waals surface area contributed by atoms with E-state index in [0.717, 1.165) is 6.42 Å². The van der Waals surface area contributed by atoms with Crippen LogP contribution in [0.25, 0.3) is 0 Å². The first-order valence-electron chi connectivity index (χ1n) is 4.58. The molecular formula is C9H17F2N. The monoisotopic (exact) mass is 177 g/mol. The molecule has 3 heteroatoms. The lowest BCUT2D eigenvalue weighted by molar-refractivity contribution is -0.109. The maximum absolute atomic E-state index is 13.3. The topological polar surface area (TPSA) is 26.0 Å². The normalized spacial score (nSPS) is 35.5. The molecule has 0 amide bonds. The fourth-order valence-electron chi connectivity index (χ4n) is 2.21. The average molecular weight is 177 g/mol. The lowest BCUT2D eigenvalue weighted by Crippen LogP contribution is -2.48. The van der Waals surface area contributed by atoms with Gasteiger partial charge >= 0.3 is 0 Å². The molecule has 1 saturated carbocycles. The van der Waals surface area contributed by atoms with Gasteiger partial charge in [0, 0.05) is 18.4 Å². The molecule has 1 fully saturated rings. The number of hydrogen-bond acceptors (Lipinski definition) is 1. The molecule has 0 saturated heterocycles. The van der Waals surface area contributed by atoms with Crippen molar-refractivity contribution in [2.45, 2.75) is 45.1 Å². The highest BCUT2D eigenvalue weighted by atomic mass is 19.3. The Morgan fingerprint density at radius 1 is 1.42 bits per heavy atom. The lowest BCUT2D eigenvalue weighted by atomic mass is 9.75. The van der Waals surface area contributed by atoms with Crippen LogP contribution in [0.2, 0.25) is 0 Å². The Kier molecular flexibility index (Phi) is 2.71. The molecule has 0 aromatic rings. The summed E-state index contributed by atoms with van der Waals surface area (Å²) >= 11 is 0. The van der Waals surface area contributed by atoms with Gasteiger partial charge < -0.3 is 5.73 Å². The summed E-state index contributed by atoms with van der Waals surface area (Å²) in [5.41, 5.74) is 5.68. The Balaban J connectivity index is 2.74. The van der Waals surface area contributed by atoms with Crippen LogP contribution in [-0.2, 0) is 0 Å².